The van der Waals surface area contributed by atoms with Crippen LogP contribution in [0.5, 0.6) is 0 Å². The fraction of sp³-hybridized carbons (Fsp3) is 0.759. The molecule has 0 radical (unpaired) electrons. The second-order valence-corrected chi connectivity index (χ2v) is 14.2. The van der Waals surface area contributed by atoms with Gasteiger partial charge in [0.15, 0.2) is 0 Å². The normalized spacial score (nSPS) is 25.0. The average molecular weight is 639 g/mol. The zero-order valence-electron chi connectivity index (χ0n) is 26.8. The summed E-state index contributed by atoms with van der Waals surface area (Å²) in [6, 6.07) is -4.40. The molecule has 246 valence electrons. The first-order valence-electron chi connectivity index (χ1n) is 15.0. The van der Waals surface area contributed by atoms with Crippen LogP contribution < -0.4 is 16.0 Å². The molecule has 0 aromatic carbocycles. The van der Waals surface area contributed by atoms with Gasteiger partial charge in [0.05, 0.1) is 6.54 Å². The number of fused-ring (bicyclic) bond motifs is 3. The molecule has 6 amide bonds. The molecule has 3 N–H and O–H groups in total. The van der Waals surface area contributed by atoms with Gasteiger partial charge in [0.2, 0.25) is 35.4 Å². The van der Waals surface area contributed by atoms with E-state index >= 15 is 0 Å². The van der Waals surface area contributed by atoms with E-state index in [-0.39, 0.29) is 35.6 Å². The Hall–Kier alpha value is -3.36. The smallest absolute Gasteiger partial charge is 0.328 e. The molecule has 3 saturated heterocycles. The van der Waals surface area contributed by atoms with Gasteiger partial charge in [-0.2, -0.15) is 11.8 Å². The van der Waals surface area contributed by atoms with Crippen molar-refractivity contribution in [2.45, 2.75) is 115 Å². The summed E-state index contributed by atoms with van der Waals surface area (Å²) in [5, 5.41) is 7.72. The first-order chi connectivity index (χ1) is 20.4. The van der Waals surface area contributed by atoms with Crippen molar-refractivity contribution in [1.82, 2.24) is 30.7 Å². The van der Waals surface area contributed by atoms with Crippen molar-refractivity contribution >= 4 is 53.2 Å². The number of amides is 6. The van der Waals surface area contributed by atoms with Crippen LogP contribution in [0, 0.1) is 0 Å². The van der Waals surface area contributed by atoms with Gasteiger partial charge in [-0.1, -0.05) is 0 Å². The molecule has 2 bridgehead atoms. The van der Waals surface area contributed by atoms with Gasteiger partial charge in [0, 0.05) is 37.6 Å². The van der Waals surface area contributed by atoms with Crippen molar-refractivity contribution in [2.75, 3.05) is 25.9 Å². The lowest BCUT2D eigenvalue weighted by Gasteiger charge is -2.36. The minimum absolute atomic E-state index is 0.115. The second kappa shape index (κ2) is 14.2. The van der Waals surface area contributed by atoms with Gasteiger partial charge >= 0.3 is 5.97 Å². The summed E-state index contributed by atoms with van der Waals surface area (Å²) in [4.78, 5) is 93.8. The minimum Gasteiger partial charge on any atom is -0.458 e. The Labute approximate surface area is 262 Å². The molecule has 0 spiro atoms. The second-order valence-electron chi connectivity index (χ2n) is 12.8. The Bertz CT molecular complexity index is 1170. The van der Waals surface area contributed by atoms with E-state index in [4.69, 9.17) is 4.74 Å². The van der Waals surface area contributed by atoms with Gasteiger partial charge < -0.3 is 35.4 Å². The van der Waals surface area contributed by atoms with Crippen LogP contribution >= 0.6 is 11.8 Å². The molecule has 0 aliphatic carbocycles. The van der Waals surface area contributed by atoms with Crippen molar-refractivity contribution < 1.29 is 38.3 Å². The largest absolute Gasteiger partial charge is 0.458 e. The Morgan fingerprint density at radius 1 is 0.977 bits per heavy atom. The van der Waals surface area contributed by atoms with Gasteiger partial charge in [-0.25, -0.2) is 4.79 Å². The van der Waals surface area contributed by atoms with Gasteiger partial charge in [-0.05, 0) is 60.8 Å². The third-order valence-corrected chi connectivity index (χ3v) is 9.31. The molecule has 0 unspecified atom stereocenters. The predicted molar refractivity (Wildman–Crippen MR) is 162 cm³/mol. The number of likely N-dealkylation sites (tertiary alicyclic amines) is 1. The molecule has 14 nitrogen and oxygen atoms in total. The maximum Gasteiger partial charge on any atom is 0.328 e. The van der Waals surface area contributed by atoms with Crippen molar-refractivity contribution in [1.29, 1.82) is 0 Å². The summed E-state index contributed by atoms with van der Waals surface area (Å²) in [7, 11) is 1.47. The number of nitrogens with one attached hydrogen (secondary N) is 3. The Morgan fingerprint density at radius 3 is 2.16 bits per heavy atom. The highest BCUT2D eigenvalue weighted by molar-refractivity contribution is 8.00. The lowest BCUT2D eigenvalue weighted by atomic mass is 10.1. The predicted octanol–water partition coefficient (Wildman–Crippen LogP) is -0.604. The molecule has 3 rings (SSSR count). The number of hydrogen-bond donors (Lipinski definition) is 3. The van der Waals surface area contributed by atoms with E-state index in [1.807, 2.05) is 0 Å². The number of nitrogens with zero attached hydrogens (tertiary/aromatic N) is 3. The SMILES string of the molecule is CC(=O)N1C[C@@H]2C[C@H]1C(=O)N1[C@@H](CC[C@H]1C(=O)N(C)CC(=O)N[C@@H](C)C(=O)N[C@@H](C)C(=O)N[C@@H](C)C(=O)OC(C)(C)C)CS2. The molecule has 0 saturated carbocycles. The third kappa shape index (κ3) is 8.63. The summed E-state index contributed by atoms with van der Waals surface area (Å²) in [6.07, 6.45) is 1.69. The van der Waals surface area contributed by atoms with Crippen molar-refractivity contribution in [3.05, 3.63) is 0 Å². The molecule has 15 heteroatoms. The fourth-order valence-electron chi connectivity index (χ4n) is 5.63. The molecule has 3 aliphatic rings. The number of carbonyl (C=O) groups excluding carboxylic acids is 7. The molecule has 0 aromatic rings. The van der Waals surface area contributed by atoms with Gasteiger partial charge in [0.1, 0.15) is 35.8 Å². The highest BCUT2D eigenvalue weighted by Gasteiger charge is 2.50. The van der Waals surface area contributed by atoms with E-state index < -0.39 is 59.5 Å². The number of likely N-dealkylation sites (N-methyl/N-ethyl adjacent to an activating group) is 1. The molecule has 7 atom stereocenters. The van der Waals surface area contributed by atoms with Gasteiger partial charge in [0.25, 0.3) is 0 Å². The Morgan fingerprint density at radius 2 is 1.57 bits per heavy atom. The van der Waals surface area contributed by atoms with E-state index in [0.29, 0.717) is 31.6 Å². The average Bonchev–Trinajstić information content (AvgIpc) is 3.54. The highest BCUT2D eigenvalue weighted by atomic mass is 32.2. The van der Waals surface area contributed by atoms with Crippen LogP contribution in [-0.2, 0) is 38.3 Å². The molecule has 0 aromatic heterocycles. The number of esters is 1. The van der Waals surface area contributed by atoms with E-state index in [1.54, 1.807) is 42.3 Å². The van der Waals surface area contributed by atoms with Crippen LogP contribution in [0.1, 0.15) is 67.7 Å². The number of rotatable bonds is 9. The topological polar surface area (TPSA) is 175 Å². The van der Waals surface area contributed by atoms with Gasteiger partial charge in [-0.3, -0.25) is 28.8 Å². The zero-order chi connectivity index (χ0) is 33.1. The Balaban J connectivity index is 1.51. The van der Waals surface area contributed by atoms with Crippen LogP contribution in [0.25, 0.3) is 0 Å². The zero-order valence-corrected chi connectivity index (χ0v) is 27.6. The number of thioether (sulfide) groups is 1. The fourth-order valence-corrected chi connectivity index (χ4v) is 7.04. The molecule has 3 heterocycles. The standard InChI is InChI=1S/C29H46N6O8S/c1-15(24(38)31-16(2)25(39)32-17(3)28(42)43-29(5,6)7)30-23(37)13-33(8)26(40)21-10-9-19-14-44-20-11-22(27(41)35(19)21)34(12-20)18(4)36/h15-17,19-22H,9-14H2,1-8H3,(H,30,37)(H,31,38)(H,32,39)/t15-,16-,17-,19-,20-,21-,22-/m0/s1. The Kier molecular flexibility index (Phi) is 11.3. The van der Waals surface area contributed by atoms with Crippen LogP contribution in [0.4, 0.5) is 0 Å². The summed E-state index contributed by atoms with van der Waals surface area (Å²) in [5.74, 6) is -2.52. The van der Waals surface area contributed by atoms with Crippen molar-refractivity contribution in [3.63, 3.8) is 0 Å². The van der Waals surface area contributed by atoms with Crippen LogP contribution in [0.3, 0.4) is 0 Å². The van der Waals surface area contributed by atoms with E-state index in [0.717, 1.165) is 0 Å². The lowest BCUT2D eigenvalue weighted by molar-refractivity contribution is -0.158. The highest BCUT2D eigenvalue weighted by Crippen LogP contribution is 2.38. The van der Waals surface area contributed by atoms with Crippen LogP contribution in [-0.4, -0.2) is 129 Å². The quantitative estimate of drug-likeness (QED) is 0.279. The first kappa shape index (κ1) is 35.1. The lowest BCUT2D eigenvalue weighted by Crippen LogP contribution is -2.57. The summed E-state index contributed by atoms with van der Waals surface area (Å²) in [5.41, 5.74) is -0.720. The molecular formula is C29H46N6O8S. The first-order valence-corrected chi connectivity index (χ1v) is 16.0. The third-order valence-electron chi connectivity index (χ3n) is 7.92. The maximum absolute atomic E-state index is 13.6. The van der Waals surface area contributed by atoms with Crippen LogP contribution in [0.2, 0.25) is 0 Å². The van der Waals surface area contributed by atoms with Gasteiger partial charge in [-0.15, -0.1) is 0 Å². The number of ether oxygens (including phenoxy) is 1. The number of hydrogen-bond acceptors (Lipinski definition) is 9. The summed E-state index contributed by atoms with van der Waals surface area (Å²) in [6.45, 7) is 11.1. The van der Waals surface area contributed by atoms with E-state index in [1.165, 1.54) is 39.6 Å². The van der Waals surface area contributed by atoms with E-state index in [2.05, 4.69) is 16.0 Å². The molecule has 44 heavy (non-hydrogen) atoms. The van der Waals surface area contributed by atoms with Crippen LogP contribution in [0.15, 0.2) is 0 Å². The minimum atomic E-state index is -1.03. The monoisotopic (exact) mass is 638 g/mol. The summed E-state index contributed by atoms with van der Waals surface area (Å²) < 4.78 is 5.24. The summed E-state index contributed by atoms with van der Waals surface area (Å²) >= 11 is 1.73. The number of carbonyl (C=O) groups is 7. The molecular weight excluding hydrogens is 592 g/mol. The van der Waals surface area contributed by atoms with Crippen molar-refractivity contribution in [3.8, 4) is 0 Å². The maximum atomic E-state index is 13.6. The van der Waals surface area contributed by atoms with E-state index in [9.17, 15) is 33.6 Å². The van der Waals surface area contributed by atoms with Crippen molar-refractivity contribution in [2.24, 2.45) is 0 Å². The molecule has 3 aliphatic heterocycles. The molecule has 3 fully saturated rings.